The number of hydrogen-bond donors (Lipinski definition) is 0. The Kier molecular flexibility index (Phi) is 10.5. The smallest absolute Gasteiger partial charge is 0.345 e. The molecule has 35 heavy (non-hydrogen) atoms. The van der Waals surface area contributed by atoms with Crippen molar-refractivity contribution >= 4 is 44.5 Å². The normalized spacial score (nSPS) is 14.0. The van der Waals surface area contributed by atoms with Crippen LogP contribution in [-0.2, 0) is 19.8 Å². The van der Waals surface area contributed by atoms with Gasteiger partial charge in [-0.15, -0.1) is 10.2 Å². The van der Waals surface area contributed by atoms with Crippen molar-refractivity contribution in [3.8, 4) is 0 Å². The maximum absolute atomic E-state index is 13.3. The molecule has 0 bridgehead atoms. The number of anilines is 1. The van der Waals surface area contributed by atoms with Crippen LogP contribution in [0.4, 0.5) is 36.2 Å². The Labute approximate surface area is 209 Å². The van der Waals surface area contributed by atoms with Gasteiger partial charge in [-0.1, -0.05) is 68.6 Å². The van der Waals surface area contributed by atoms with Crippen molar-refractivity contribution in [2.24, 2.45) is 14.6 Å². The van der Waals surface area contributed by atoms with Crippen molar-refractivity contribution in [1.82, 2.24) is 5.16 Å². The van der Waals surface area contributed by atoms with Crippen molar-refractivity contribution in [2.75, 3.05) is 18.0 Å². The van der Waals surface area contributed by atoms with Gasteiger partial charge in [-0.3, -0.25) is 0 Å². The zero-order valence-electron chi connectivity index (χ0n) is 20.4. The first-order valence-electron chi connectivity index (χ1n) is 11.3. The summed E-state index contributed by atoms with van der Waals surface area (Å²) in [6, 6.07) is 4.26. The maximum Gasteiger partial charge on any atom is 0.345 e. The lowest BCUT2D eigenvalue weighted by Gasteiger charge is -2.26. The van der Waals surface area contributed by atoms with Gasteiger partial charge < -0.3 is 9.42 Å². The fraction of sp³-hybridized carbons (Fsp3) is 0.591. The molecule has 0 saturated heterocycles. The van der Waals surface area contributed by atoms with Crippen LogP contribution in [0.5, 0.6) is 0 Å². The topological polar surface area (TPSA) is 92.7 Å². The molecule has 0 radical (unpaired) electrons. The lowest BCUT2D eigenvalue weighted by atomic mass is 9.93. The first-order valence-corrected chi connectivity index (χ1v) is 13.1. The average molecular weight is 538 g/mol. The van der Waals surface area contributed by atoms with E-state index in [9.17, 15) is 17.5 Å². The first kappa shape index (κ1) is 29.1. The number of alkyl halides is 2. The zero-order valence-corrected chi connectivity index (χ0v) is 22.0. The molecule has 0 spiro atoms. The Morgan fingerprint density at radius 3 is 2.23 bits per heavy atom. The molecule has 2 rings (SSSR count). The Balaban J connectivity index is 2.62. The van der Waals surface area contributed by atoms with Gasteiger partial charge in [0.1, 0.15) is 17.1 Å². The minimum Gasteiger partial charge on any atom is -0.370 e. The second kappa shape index (κ2) is 12.7. The fourth-order valence-electron chi connectivity index (χ4n) is 2.98. The Morgan fingerprint density at radius 1 is 1.11 bits per heavy atom. The molecule has 196 valence electrons. The van der Waals surface area contributed by atoms with Gasteiger partial charge in [0.25, 0.3) is 10.0 Å². The number of halogens is 4. The standard InChI is InChI=1S/C22H31ClF3N5O3S/c1-6-8-10-31(11-9-7-2)18-13-17(30-35(32,34-26)21(24)25)16(12-15(18)23)27-28-20-14-19(33-29-20)22(3,4)5/h12-14,21H,6-11H2,1-5H3. The molecule has 1 atom stereocenters. The Morgan fingerprint density at radius 2 is 1.74 bits per heavy atom. The summed E-state index contributed by atoms with van der Waals surface area (Å²) < 4.78 is 63.4. The monoisotopic (exact) mass is 537 g/mol. The van der Waals surface area contributed by atoms with Crippen molar-refractivity contribution in [3.05, 3.63) is 29.0 Å². The minimum atomic E-state index is -4.98. The Hall–Kier alpha value is -2.18. The number of nitrogens with zero attached hydrogens (tertiary/aromatic N) is 5. The average Bonchev–Trinajstić information content (AvgIpc) is 3.29. The summed E-state index contributed by atoms with van der Waals surface area (Å²) in [5.74, 6) is -3.03. The molecule has 2 aromatic rings. The van der Waals surface area contributed by atoms with Gasteiger partial charge in [0, 0.05) is 24.6 Å². The maximum atomic E-state index is 13.3. The molecule has 0 aliphatic rings. The van der Waals surface area contributed by atoms with Crippen LogP contribution in [0.1, 0.15) is 66.1 Å². The van der Waals surface area contributed by atoms with Crippen LogP contribution in [0, 0.1) is 0 Å². The second-order valence-corrected chi connectivity index (χ2v) is 11.0. The number of benzene rings is 1. The molecule has 1 aromatic carbocycles. The molecule has 13 heteroatoms. The van der Waals surface area contributed by atoms with Crippen LogP contribution < -0.4 is 4.90 Å². The summed E-state index contributed by atoms with van der Waals surface area (Å²) in [7, 11) is -4.98. The largest absolute Gasteiger partial charge is 0.370 e. The molecule has 0 aliphatic carbocycles. The molecule has 8 nitrogen and oxygen atoms in total. The van der Waals surface area contributed by atoms with Gasteiger partial charge in [-0.25, -0.2) is 4.21 Å². The predicted molar refractivity (Wildman–Crippen MR) is 131 cm³/mol. The molecule has 0 N–H and O–H groups in total. The fourth-order valence-corrected chi connectivity index (χ4v) is 3.84. The number of azo groups is 1. The van der Waals surface area contributed by atoms with E-state index in [-0.39, 0.29) is 27.6 Å². The van der Waals surface area contributed by atoms with E-state index in [0.29, 0.717) is 24.5 Å². The third-order valence-electron chi connectivity index (χ3n) is 4.99. The van der Waals surface area contributed by atoms with Crippen LogP contribution >= 0.6 is 11.6 Å². The van der Waals surface area contributed by atoms with Gasteiger partial charge >= 0.3 is 5.76 Å². The predicted octanol–water partition coefficient (Wildman–Crippen LogP) is 8.59. The Bertz CT molecular complexity index is 1120. The number of hydrogen-bond acceptors (Lipinski definition) is 8. The number of aromatic nitrogens is 1. The van der Waals surface area contributed by atoms with E-state index in [0.717, 1.165) is 25.7 Å². The number of unbranched alkanes of at least 4 members (excludes halogenated alkanes) is 2. The SMILES string of the molecule is CCCCN(CCCC)c1cc(N=S(=O)(OF)C(F)F)c(N=Nc2cc(C(C)(C)C)on2)cc1Cl. The molecule has 1 aromatic heterocycles. The molecule has 0 aliphatic heterocycles. The highest BCUT2D eigenvalue weighted by Crippen LogP contribution is 2.41. The second-order valence-electron chi connectivity index (χ2n) is 8.92. The molecule has 1 unspecified atom stereocenters. The summed E-state index contributed by atoms with van der Waals surface area (Å²) in [6.45, 7) is 11.1. The van der Waals surface area contributed by atoms with Gasteiger partial charge in [-0.05, 0) is 29.5 Å². The van der Waals surface area contributed by atoms with Gasteiger partial charge in [0.15, 0.2) is 0 Å². The van der Waals surface area contributed by atoms with E-state index in [1.807, 2.05) is 39.5 Å². The van der Waals surface area contributed by atoms with Crippen LogP contribution in [-0.4, -0.2) is 28.2 Å². The summed E-state index contributed by atoms with van der Waals surface area (Å²) in [5, 5.41) is 12.0. The lowest BCUT2D eigenvalue weighted by molar-refractivity contribution is -0.000950. The lowest BCUT2D eigenvalue weighted by Crippen LogP contribution is -2.25. The van der Waals surface area contributed by atoms with Crippen LogP contribution in [0.2, 0.25) is 5.02 Å². The summed E-state index contributed by atoms with van der Waals surface area (Å²) in [6.07, 6.45) is 3.56. The van der Waals surface area contributed by atoms with Gasteiger partial charge in [0.2, 0.25) is 5.82 Å². The third kappa shape index (κ3) is 7.91. The van der Waals surface area contributed by atoms with Crippen molar-refractivity contribution in [3.63, 3.8) is 0 Å². The van der Waals surface area contributed by atoms with Crippen molar-refractivity contribution < 1.29 is 26.4 Å². The highest BCUT2D eigenvalue weighted by atomic mass is 35.5. The van der Waals surface area contributed by atoms with E-state index >= 15 is 0 Å². The molecule has 0 fully saturated rings. The first-order chi connectivity index (χ1) is 16.4. The highest BCUT2D eigenvalue weighted by molar-refractivity contribution is 7.89. The van der Waals surface area contributed by atoms with Crippen LogP contribution in [0.3, 0.4) is 0 Å². The van der Waals surface area contributed by atoms with Gasteiger partial charge in [0.05, 0.1) is 10.7 Å². The zero-order chi connectivity index (χ0) is 26.2. The highest BCUT2D eigenvalue weighted by Gasteiger charge is 2.26. The van der Waals surface area contributed by atoms with Crippen molar-refractivity contribution in [2.45, 2.75) is 71.5 Å². The van der Waals surface area contributed by atoms with E-state index < -0.39 is 15.8 Å². The van der Waals surface area contributed by atoms with E-state index in [4.69, 9.17) is 16.1 Å². The van der Waals surface area contributed by atoms with Crippen LogP contribution in [0.15, 0.2) is 37.3 Å². The molecule has 0 amide bonds. The molecule has 1 heterocycles. The summed E-state index contributed by atoms with van der Waals surface area (Å²) in [5.41, 5.74) is -0.282. The van der Waals surface area contributed by atoms with Crippen LogP contribution in [0.25, 0.3) is 0 Å². The van der Waals surface area contributed by atoms with E-state index in [1.54, 1.807) is 6.07 Å². The summed E-state index contributed by atoms with van der Waals surface area (Å²) >= 11 is 6.52. The molecular weight excluding hydrogens is 507 g/mol. The minimum absolute atomic E-state index is 0.115. The molecule has 0 saturated carbocycles. The van der Waals surface area contributed by atoms with Crippen molar-refractivity contribution in [1.29, 1.82) is 0 Å². The van der Waals surface area contributed by atoms with E-state index in [1.165, 1.54) is 12.1 Å². The number of rotatable bonds is 12. The molecular formula is C22H31ClF3N5O3S. The third-order valence-corrected chi connectivity index (χ3v) is 6.37. The van der Waals surface area contributed by atoms with Gasteiger partial charge in [-0.2, -0.15) is 13.1 Å². The quantitative estimate of drug-likeness (QED) is 0.253. The summed E-state index contributed by atoms with van der Waals surface area (Å²) in [4.78, 5) is 1.98. The van der Waals surface area contributed by atoms with E-state index in [2.05, 4.69) is 24.1 Å².